The van der Waals surface area contributed by atoms with E-state index in [0.717, 1.165) is 10.9 Å². The van der Waals surface area contributed by atoms with Gasteiger partial charge in [0, 0.05) is 45.8 Å². The normalized spacial score (nSPS) is 25.2. The lowest BCUT2D eigenvalue weighted by Gasteiger charge is -2.38. The summed E-state index contributed by atoms with van der Waals surface area (Å²) in [6.45, 7) is 10.7. The summed E-state index contributed by atoms with van der Waals surface area (Å²) in [6.07, 6.45) is 2.64. The Balaban J connectivity index is 1.69. The molecule has 2 fully saturated rings. The minimum absolute atomic E-state index is 0.893. The standard InChI is InChI=1S/C13H25N3S/c1-12(17)16-5-3-13(4-6-16)11-15-9-7-14(2)8-10-15/h13H,3-11H2,1-2H3. The van der Waals surface area contributed by atoms with Crippen LogP contribution in [-0.4, -0.2) is 72.5 Å². The predicted octanol–water partition coefficient (Wildman–Crippen LogP) is 1.29. The van der Waals surface area contributed by atoms with Gasteiger partial charge in [0.05, 0.1) is 4.99 Å². The van der Waals surface area contributed by atoms with Gasteiger partial charge in [-0.1, -0.05) is 12.2 Å². The number of likely N-dealkylation sites (tertiary alicyclic amines) is 1. The van der Waals surface area contributed by atoms with Crippen molar-refractivity contribution >= 4 is 17.2 Å². The predicted molar refractivity (Wildman–Crippen MR) is 76.5 cm³/mol. The number of hydrogen-bond acceptors (Lipinski definition) is 3. The smallest absolute Gasteiger partial charge is 0.0747 e. The second-order valence-electron chi connectivity index (χ2n) is 5.55. The van der Waals surface area contributed by atoms with E-state index < -0.39 is 0 Å². The third-order valence-corrected chi connectivity index (χ3v) is 4.43. The molecule has 0 aromatic heterocycles. The van der Waals surface area contributed by atoms with Crippen LogP contribution in [0.2, 0.25) is 0 Å². The first-order valence-corrected chi connectivity index (χ1v) is 7.22. The Kier molecular flexibility index (Phi) is 4.77. The fraction of sp³-hybridized carbons (Fsp3) is 0.923. The first kappa shape index (κ1) is 13.2. The van der Waals surface area contributed by atoms with E-state index in [2.05, 4.69) is 28.7 Å². The molecular formula is C13H25N3S. The fourth-order valence-electron chi connectivity index (χ4n) is 2.83. The van der Waals surface area contributed by atoms with Gasteiger partial charge in [-0.25, -0.2) is 0 Å². The monoisotopic (exact) mass is 255 g/mol. The van der Waals surface area contributed by atoms with Crippen molar-refractivity contribution in [1.29, 1.82) is 0 Å². The van der Waals surface area contributed by atoms with E-state index in [4.69, 9.17) is 12.2 Å². The summed E-state index contributed by atoms with van der Waals surface area (Å²) in [5.74, 6) is 0.893. The molecule has 17 heavy (non-hydrogen) atoms. The Labute approximate surface area is 111 Å². The van der Waals surface area contributed by atoms with E-state index in [9.17, 15) is 0 Å². The van der Waals surface area contributed by atoms with Crippen molar-refractivity contribution in [2.45, 2.75) is 19.8 Å². The number of rotatable bonds is 2. The number of hydrogen-bond donors (Lipinski definition) is 0. The number of piperidine rings is 1. The molecule has 0 N–H and O–H groups in total. The lowest BCUT2D eigenvalue weighted by molar-refractivity contribution is 0.119. The molecule has 0 atom stereocenters. The minimum atomic E-state index is 0.893. The van der Waals surface area contributed by atoms with Gasteiger partial charge in [-0.3, -0.25) is 0 Å². The van der Waals surface area contributed by atoms with Crippen molar-refractivity contribution in [3.63, 3.8) is 0 Å². The zero-order valence-corrected chi connectivity index (χ0v) is 12.0. The van der Waals surface area contributed by atoms with Crippen LogP contribution in [0.1, 0.15) is 19.8 Å². The first-order valence-electron chi connectivity index (χ1n) is 6.81. The molecule has 2 heterocycles. The minimum Gasteiger partial charge on any atom is -0.366 e. The van der Waals surface area contributed by atoms with E-state index >= 15 is 0 Å². The first-order chi connectivity index (χ1) is 8.15. The Bertz CT molecular complexity index is 253. The lowest BCUT2D eigenvalue weighted by atomic mass is 9.96. The molecule has 2 rings (SSSR count). The van der Waals surface area contributed by atoms with E-state index in [1.54, 1.807) is 0 Å². The zero-order chi connectivity index (χ0) is 12.3. The van der Waals surface area contributed by atoms with Gasteiger partial charge < -0.3 is 14.7 Å². The average molecular weight is 255 g/mol. The van der Waals surface area contributed by atoms with Crippen molar-refractivity contribution in [3.8, 4) is 0 Å². The number of nitrogens with zero attached hydrogens (tertiary/aromatic N) is 3. The molecule has 2 saturated heterocycles. The molecule has 2 aliphatic rings. The zero-order valence-electron chi connectivity index (χ0n) is 11.2. The summed E-state index contributed by atoms with van der Waals surface area (Å²) >= 11 is 5.24. The fourth-order valence-corrected chi connectivity index (χ4v) is 3.01. The highest BCUT2D eigenvalue weighted by Crippen LogP contribution is 2.19. The molecule has 0 radical (unpaired) electrons. The second kappa shape index (κ2) is 6.12. The van der Waals surface area contributed by atoms with Crippen LogP contribution in [0.15, 0.2) is 0 Å². The molecule has 4 heteroatoms. The van der Waals surface area contributed by atoms with E-state index in [-0.39, 0.29) is 0 Å². The number of piperazine rings is 1. The van der Waals surface area contributed by atoms with Crippen molar-refractivity contribution in [1.82, 2.24) is 14.7 Å². The summed E-state index contributed by atoms with van der Waals surface area (Å²) in [5, 5.41) is 0. The van der Waals surface area contributed by atoms with Crippen LogP contribution in [0.5, 0.6) is 0 Å². The molecule has 0 saturated carbocycles. The van der Waals surface area contributed by atoms with Gasteiger partial charge in [0.2, 0.25) is 0 Å². The Hall–Kier alpha value is -0.190. The molecule has 0 unspecified atom stereocenters. The highest BCUT2D eigenvalue weighted by atomic mass is 32.1. The van der Waals surface area contributed by atoms with Crippen molar-refractivity contribution < 1.29 is 0 Å². The van der Waals surface area contributed by atoms with Crippen LogP contribution in [0.3, 0.4) is 0 Å². The van der Waals surface area contributed by atoms with Crippen molar-refractivity contribution in [2.24, 2.45) is 5.92 Å². The second-order valence-corrected chi connectivity index (χ2v) is 6.14. The average Bonchev–Trinajstić information content (AvgIpc) is 2.33. The summed E-state index contributed by atoms with van der Waals surface area (Å²) in [6, 6.07) is 0. The SMILES string of the molecule is CC(=S)N1CCC(CN2CCN(C)CC2)CC1. The largest absolute Gasteiger partial charge is 0.366 e. The maximum absolute atomic E-state index is 5.24. The van der Waals surface area contributed by atoms with Gasteiger partial charge in [0.25, 0.3) is 0 Å². The third-order valence-electron chi connectivity index (χ3n) is 4.17. The molecule has 98 valence electrons. The van der Waals surface area contributed by atoms with E-state index in [1.807, 2.05) is 0 Å². The van der Waals surface area contributed by atoms with Crippen LogP contribution in [0, 0.1) is 5.92 Å². The van der Waals surface area contributed by atoms with Crippen LogP contribution in [-0.2, 0) is 0 Å². The molecule has 0 aliphatic carbocycles. The molecule has 0 aromatic rings. The molecule has 2 aliphatic heterocycles. The Morgan fingerprint density at radius 1 is 1.06 bits per heavy atom. The van der Waals surface area contributed by atoms with Crippen molar-refractivity contribution in [2.75, 3.05) is 52.9 Å². The summed E-state index contributed by atoms with van der Waals surface area (Å²) in [5.41, 5.74) is 0. The molecule has 0 spiro atoms. The molecule has 0 bridgehead atoms. The molecule has 0 amide bonds. The highest BCUT2D eigenvalue weighted by Gasteiger charge is 2.22. The van der Waals surface area contributed by atoms with Gasteiger partial charge in [-0.05, 0) is 32.7 Å². The van der Waals surface area contributed by atoms with Gasteiger partial charge in [-0.15, -0.1) is 0 Å². The molecular weight excluding hydrogens is 230 g/mol. The van der Waals surface area contributed by atoms with Gasteiger partial charge in [-0.2, -0.15) is 0 Å². The lowest BCUT2D eigenvalue weighted by Crippen LogP contribution is -2.47. The van der Waals surface area contributed by atoms with Gasteiger partial charge >= 0.3 is 0 Å². The molecule has 3 nitrogen and oxygen atoms in total. The van der Waals surface area contributed by atoms with Crippen LogP contribution in [0.25, 0.3) is 0 Å². The van der Waals surface area contributed by atoms with E-state index in [0.29, 0.717) is 0 Å². The van der Waals surface area contributed by atoms with Gasteiger partial charge in [0.1, 0.15) is 0 Å². The van der Waals surface area contributed by atoms with Crippen LogP contribution >= 0.6 is 12.2 Å². The maximum Gasteiger partial charge on any atom is 0.0747 e. The van der Waals surface area contributed by atoms with Gasteiger partial charge in [0.15, 0.2) is 0 Å². The number of likely N-dealkylation sites (N-methyl/N-ethyl adjacent to an activating group) is 1. The maximum atomic E-state index is 5.24. The van der Waals surface area contributed by atoms with Crippen molar-refractivity contribution in [3.05, 3.63) is 0 Å². The van der Waals surface area contributed by atoms with E-state index in [1.165, 1.54) is 58.7 Å². The van der Waals surface area contributed by atoms with Crippen LogP contribution < -0.4 is 0 Å². The Morgan fingerprint density at radius 3 is 2.18 bits per heavy atom. The summed E-state index contributed by atoms with van der Waals surface area (Å²) < 4.78 is 0. The number of thiocarbonyl (C=S) groups is 1. The summed E-state index contributed by atoms with van der Waals surface area (Å²) in [4.78, 5) is 8.50. The Morgan fingerprint density at radius 2 is 1.65 bits per heavy atom. The topological polar surface area (TPSA) is 9.72 Å². The van der Waals surface area contributed by atoms with Crippen LogP contribution in [0.4, 0.5) is 0 Å². The summed E-state index contributed by atoms with van der Waals surface area (Å²) in [7, 11) is 2.22. The molecule has 0 aromatic carbocycles. The highest BCUT2D eigenvalue weighted by molar-refractivity contribution is 7.80. The third kappa shape index (κ3) is 3.90. The quantitative estimate of drug-likeness (QED) is 0.688.